The molecule has 166 valence electrons. The number of hydrogen-bond acceptors (Lipinski definition) is 6. The van der Waals surface area contributed by atoms with Crippen molar-refractivity contribution >= 4 is 45.9 Å². The van der Waals surface area contributed by atoms with Crippen LogP contribution >= 0.6 is 11.6 Å². The highest BCUT2D eigenvalue weighted by atomic mass is 35.5. The summed E-state index contributed by atoms with van der Waals surface area (Å²) in [5, 5.41) is 4.08. The highest BCUT2D eigenvalue weighted by Gasteiger charge is 2.37. The van der Waals surface area contributed by atoms with Gasteiger partial charge in [-0.3, -0.25) is 4.79 Å². The van der Waals surface area contributed by atoms with Gasteiger partial charge in [-0.15, -0.1) is 0 Å². The van der Waals surface area contributed by atoms with Gasteiger partial charge in [0.2, 0.25) is 5.91 Å². The van der Waals surface area contributed by atoms with Gasteiger partial charge in [-0.2, -0.15) is 0 Å². The third-order valence-corrected chi connectivity index (χ3v) is 5.59. The van der Waals surface area contributed by atoms with Crippen LogP contribution in [-0.2, 0) is 16.1 Å². The van der Waals surface area contributed by atoms with Crippen molar-refractivity contribution in [3.05, 3.63) is 59.4 Å². The molecule has 1 aliphatic heterocycles. The largest absolute Gasteiger partial charge is 0.383 e. The molecule has 1 fully saturated rings. The topological polar surface area (TPSA) is 114 Å². The normalized spacial score (nSPS) is 16.4. The Balaban J connectivity index is 1.49. The van der Waals surface area contributed by atoms with Crippen molar-refractivity contribution in [2.24, 2.45) is 0 Å². The summed E-state index contributed by atoms with van der Waals surface area (Å²) in [6.45, 7) is 1.25. The number of carbonyl (C=O) groups is 2. The zero-order valence-corrected chi connectivity index (χ0v) is 18.2. The van der Waals surface area contributed by atoms with Crippen molar-refractivity contribution in [1.29, 1.82) is 0 Å². The van der Waals surface area contributed by atoms with Crippen LogP contribution in [0.3, 0.4) is 0 Å². The van der Waals surface area contributed by atoms with E-state index in [1.165, 1.54) is 18.3 Å². The van der Waals surface area contributed by atoms with Gasteiger partial charge in [0, 0.05) is 42.8 Å². The summed E-state index contributed by atoms with van der Waals surface area (Å²) in [5.41, 5.74) is 8.08. The van der Waals surface area contributed by atoms with E-state index in [1.807, 2.05) is 18.2 Å². The van der Waals surface area contributed by atoms with Gasteiger partial charge in [-0.25, -0.2) is 14.8 Å². The molecule has 1 atom stereocenters. The number of methoxy groups -OCH3 is 1. The molecular weight excluding hydrogens is 432 g/mol. The Morgan fingerprint density at radius 3 is 2.88 bits per heavy atom. The second-order valence-corrected chi connectivity index (χ2v) is 7.91. The lowest BCUT2D eigenvalue weighted by atomic mass is 10.1. The molecule has 0 unspecified atom stereocenters. The Bertz CT molecular complexity index is 1160. The molecule has 3 aromatic rings. The highest BCUT2D eigenvalue weighted by Crippen LogP contribution is 2.22. The van der Waals surface area contributed by atoms with E-state index >= 15 is 0 Å². The van der Waals surface area contributed by atoms with Crippen LogP contribution < -0.4 is 11.1 Å². The molecule has 0 radical (unpaired) electrons. The molecule has 3 N–H and O–H groups in total. The summed E-state index contributed by atoms with van der Waals surface area (Å²) in [6.07, 6.45) is 1.42. The summed E-state index contributed by atoms with van der Waals surface area (Å²) in [5.74, 6) is 0.235. The van der Waals surface area contributed by atoms with Crippen LogP contribution in [0.2, 0.25) is 5.02 Å². The lowest BCUT2D eigenvalue weighted by Crippen LogP contribution is -2.60. The van der Waals surface area contributed by atoms with Crippen molar-refractivity contribution in [2.45, 2.75) is 12.6 Å². The number of carbonyl (C=O) groups excluding carboxylic acids is 2. The minimum Gasteiger partial charge on any atom is -0.383 e. The third kappa shape index (κ3) is 4.58. The summed E-state index contributed by atoms with van der Waals surface area (Å²) >= 11 is 6.00. The Morgan fingerprint density at radius 2 is 2.09 bits per heavy atom. The second kappa shape index (κ2) is 9.37. The first-order chi connectivity index (χ1) is 15.5. The van der Waals surface area contributed by atoms with Crippen LogP contribution in [0.4, 0.5) is 16.3 Å². The van der Waals surface area contributed by atoms with E-state index in [0.29, 0.717) is 36.2 Å². The Kier molecular flexibility index (Phi) is 6.38. The number of fused-ring (bicyclic) bond motifs is 1. The van der Waals surface area contributed by atoms with E-state index in [1.54, 1.807) is 29.2 Å². The van der Waals surface area contributed by atoms with Crippen LogP contribution in [0.25, 0.3) is 10.9 Å². The number of ether oxygens (including phenoxy) is 1. The maximum absolute atomic E-state index is 13.2. The smallest absolute Gasteiger partial charge is 0.322 e. The van der Waals surface area contributed by atoms with E-state index in [2.05, 4.69) is 15.3 Å². The van der Waals surface area contributed by atoms with Crippen molar-refractivity contribution in [2.75, 3.05) is 37.9 Å². The molecule has 0 aliphatic carbocycles. The Morgan fingerprint density at radius 1 is 1.25 bits per heavy atom. The van der Waals surface area contributed by atoms with Gasteiger partial charge < -0.3 is 25.6 Å². The van der Waals surface area contributed by atoms with Gasteiger partial charge >= 0.3 is 6.03 Å². The number of rotatable bonds is 5. The summed E-state index contributed by atoms with van der Waals surface area (Å²) in [7, 11) is 1.51. The number of halogens is 1. The van der Waals surface area contributed by atoms with Gasteiger partial charge in [0.25, 0.3) is 0 Å². The minimum atomic E-state index is -0.730. The summed E-state index contributed by atoms with van der Waals surface area (Å²) in [4.78, 5) is 37.6. The van der Waals surface area contributed by atoms with Gasteiger partial charge in [0.15, 0.2) is 0 Å². The van der Waals surface area contributed by atoms with Gasteiger partial charge in [-0.05, 0) is 35.9 Å². The van der Waals surface area contributed by atoms with Crippen molar-refractivity contribution in [3.8, 4) is 0 Å². The second-order valence-electron chi connectivity index (χ2n) is 7.48. The standard InChI is InChI=1S/C22H23ClN6O3/c1-32-12-19-21(30)28(11-14-5-6-17-18(9-14)25-13-26-20(17)24)7-8-29(19)22(31)27-16-4-2-3-15(23)10-16/h2-6,9-10,13,19H,7-8,11-12H2,1H3,(H,27,31)(H2,24,25,26)/t19-/m0/s1. The first-order valence-corrected chi connectivity index (χ1v) is 10.4. The lowest BCUT2D eigenvalue weighted by molar-refractivity contribution is -0.142. The molecule has 1 saturated heterocycles. The molecule has 4 rings (SSSR count). The molecule has 0 saturated carbocycles. The van der Waals surface area contributed by atoms with E-state index < -0.39 is 6.04 Å². The number of benzene rings is 2. The quantitative estimate of drug-likeness (QED) is 0.612. The molecule has 0 spiro atoms. The molecule has 0 bridgehead atoms. The van der Waals surface area contributed by atoms with E-state index in [4.69, 9.17) is 22.1 Å². The van der Waals surface area contributed by atoms with E-state index in [9.17, 15) is 9.59 Å². The minimum absolute atomic E-state index is 0.0970. The number of anilines is 2. The van der Waals surface area contributed by atoms with Crippen LogP contribution in [0.5, 0.6) is 0 Å². The number of piperazine rings is 1. The average molecular weight is 455 g/mol. The van der Waals surface area contributed by atoms with Crippen LogP contribution in [0.15, 0.2) is 48.8 Å². The van der Waals surface area contributed by atoms with Crippen LogP contribution in [0.1, 0.15) is 5.56 Å². The molecule has 2 aromatic carbocycles. The predicted molar refractivity (Wildman–Crippen MR) is 122 cm³/mol. The monoisotopic (exact) mass is 454 g/mol. The Labute approximate surface area is 190 Å². The molecular formula is C22H23ClN6O3. The fourth-order valence-electron chi connectivity index (χ4n) is 3.76. The van der Waals surface area contributed by atoms with Crippen molar-refractivity contribution in [1.82, 2.24) is 19.8 Å². The number of urea groups is 1. The van der Waals surface area contributed by atoms with E-state index in [0.717, 1.165) is 16.5 Å². The number of hydrogen-bond donors (Lipinski definition) is 2. The maximum atomic E-state index is 13.2. The maximum Gasteiger partial charge on any atom is 0.322 e. The SMILES string of the molecule is COC[C@H]1C(=O)N(Cc2ccc3c(N)ncnc3c2)CCN1C(=O)Nc1cccc(Cl)c1. The summed E-state index contributed by atoms with van der Waals surface area (Å²) < 4.78 is 5.25. The predicted octanol–water partition coefficient (Wildman–Crippen LogP) is 2.76. The molecule has 2 heterocycles. The number of nitrogens with one attached hydrogen (secondary N) is 1. The molecule has 9 nitrogen and oxygen atoms in total. The zero-order chi connectivity index (χ0) is 22.7. The number of nitrogens with two attached hydrogens (primary N) is 1. The number of nitrogens with zero attached hydrogens (tertiary/aromatic N) is 4. The number of aromatic nitrogens is 2. The molecule has 3 amide bonds. The van der Waals surface area contributed by atoms with Crippen LogP contribution in [-0.4, -0.2) is 64.6 Å². The number of amides is 3. The molecule has 10 heteroatoms. The van der Waals surface area contributed by atoms with E-state index in [-0.39, 0.29) is 18.5 Å². The third-order valence-electron chi connectivity index (χ3n) is 5.35. The molecule has 32 heavy (non-hydrogen) atoms. The van der Waals surface area contributed by atoms with Crippen LogP contribution in [0, 0.1) is 0 Å². The summed E-state index contributed by atoms with van der Waals surface area (Å²) in [6, 6.07) is 11.4. The Hall–Kier alpha value is -3.43. The average Bonchev–Trinajstić information content (AvgIpc) is 2.77. The lowest BCUT2D eigenvalue weighted by Gasteiger charge is -2.40. The highest BCUT2D eigenvalue weighted by molar-refractivity contribution is 6.30. The zero-order valence-electron chi connectivity index (χ0n) is 17.5. The van der Waals surface area contributed by atoms with Crippen molar-refractivity contribution in [3.63, 3.8) is 0 Å². The van der Waals surface area contributed by atoms with Crippen molar-refractivity contribution < 1.29 is 14.3 Å². The number of nitrogen functional groups attached to an aromatic ring is 1. The molecule has 1 aromatic heterocycles. The van der Waals surface area contributed by atoms with Gasteiger partial charge in [-0.1, -0.05) is 23.7 Å². The van der Waals surface area contributed by atoms with Gasteiger partial charge in [0.05, 0.1) is 12.1 Å². The molecule has 1 aliphatic rings. The fraction of sp³-hybridized carbons (Fsp3) is 0.273. The first kappa shape index (κ1) is 21.8. The fourth-order valence-corrected chi connectivity index (χ4v) is 3.95. The first-order valence-electron chi connectivity index (χ1n) is 10.1. The van der Waals surface area contributed by atoms with Gasteiger partial charge in [0.1, 0.15) is 18.2 Å².